The zero-order chi connectivity index (χ0) is 13.1. The third-order valence-corrected chi connectivity index (χ3v) is 3.42. The zero-order valence-electron chi connectivity index (χ0n) is 10.9. The van der Waals surface area contributed by atoms with E-state index in [-0.39, 0.29) is 6.10 Å². The van der Waals surface area contributed by atoms with E-state index in [4.69, 9.17) is 15.7 Å². The minimum atomic E-state index is 0.187. The van der Waals surface area contributed by atoms with Crippen LogP contribution in [0.5, 0.6) is 5.88 Å². The predicted octanol–water partition coefficient (Wildman–Crippen LogP) is 2.74. The molecule has 2 atom stereocenters. The van der Waals surface area contributed by atoms with Gasteiger partial charge in [-0.05, 0) is 37.2 Å². The number of nitrogens with two attached hydrogens (primary N) is 1. The summed E-state index contributed by atoms with van der Waals surface area (Å²) in [4.78, 5) is 4.12. The standard InChI is InChI=1S/C14H19N3O/c1-9-3-10(2)5-12(4-9)18-14-13(16)6-11(7-15)8-17-14/h6,8-10,12H,3-5,16H2,1-2H3. The average Bonchev–Trinajstić information content (AvgIpc) is 2.30. The second-order valence-electron chi connectivity index (χ2n) is 5.39. The topological polar surface area (TPSA) is 71.9 Å². The molecule has 0 bridgehead atoms. The van der Waals surface area contributed by atoms with Gasteiger partial charge in [-0.1, -0.05) is 13.8 Å². The summed E-state index contributed by atoms with van der Waals surface area (Å²) in [7, 11) is 0. The van der Waals surface area contributed by atoms with Gasteiger partial charge in [0.05, 0.1) is 11.3 Å². The summed E-state index contributed by atoms with van der Waals surface area (Å²) in [5.74, 6) is 1.82. The summed E-state index contributed by atoms with van der Waals surface area (Å²) in [6, 6.07) is 3.62. The number of pyridine rings is 1. The van der Waals surface area contributed by atoms with Gasteiger partial charge in [-0.3, -0.25) is 0 Å². The highest BCUT2D eigenvalue weighted by atomic mass is 16.5. The molecule has 1 fully saturated rings. The van der Waals surface area contributed by atoms with Crippen LogP contribution in [0, 0.1) is 23.2 Å². The van der Waals surface area contributed by atoms with Crippen LogP contribution in [0.1, 0.15) is 38.7 Å². The van der Waals surface area contributed by atoms with Crippen LogP contribution in [0.4, 0.5) is 5.69 Å². The average molecular weight is 245 g/mol. The molecule has 2 N–H and O–H groups in total. The van der Waals surface area contributed by atoms with Crippen LogP contribution in [0.3, 0.4) is 0 Å². The van der Waals surface area contributed by atoms with Gasteiger partial charge in [0.1, 0.15) is 12.2 Å². The van der Waals surface area contributed by atoms with Gasteiger partial charge in [-0.2, -0.15) is 5.26 Å². The first-order chi connectivity index (χ1) is 8.58. The summed E-state index contributed by atoms with van der Waals surface area (Å²) in [5.41, 5.74) is 6.75. The van der Waals surface area contributed by atoms with Crippen molar-refractivity contribution in [3.63, 3.8) is 0 Å². The van der Waals surface area contributed by atoms with Crippen LogP contribution in [0.25, 0.3) is 0 Å². The summed E-state index contributed by atoms with van der Waals surface area (Å²) >= 11 is 0. The van der Waals surface area contributed by atoms with Crippen LogP contribution in [-0.2, 0) is 0 Å². The normalized spacial score (nSPS) is 27.5. The minimum Gasteiger partial charge on any atom is -0.473 e. The number of anilines is 1. The molecule has 0 radical (unpaired) electrons. The fraction of sp³-hybridized carbons (Fsp3) is 0.571. The predicted molar refractivity (Wildman–Crippen MR) is 70.0 cm³/mol. The highest BCUT2D eigenvalue weighted by molar-refractivity contribution is 5.52. The molecule has 1 aliphatic rings. The zero-order valence-corrected chi connectivity index (χ0v) is 10.9. The summed E-state index contributed by atoms with van der Waals surface area (Å²) in [6.07, 6.45) is 5.04. The molecule has 1 aliphatic carbocycles. The van der Waals surface area contributed by atoms with Crippen LogP contribution in [0.2, 0.25) is 0 Å². The second kappa shape index (κ2) is 5.26. The third kappa shape index (κ3) is 2.92. The summed E-state index contributed by atoms with van der Waals surface area (Å²) in [5, 5.41) is 8.76. The second-order valence-corrected chi connectivity index (χ2v) is 5.39. The van der Waals surface area contributed by atoms with E-state index >= 15 is 0 Å². The lowest BCUT2D eigenvalue weighted by Gasteiger charge is -2.31. The monoisotopic (exact) mass is 245 g/mol. The highest BCUT2D eigenvalue weighted by Crippen LogP contribution is 2.32. The van der Waals surface area contributed by atoms with Gasteiger partial charge in [0.2, 0.25) is 5.88 Å². The number of rotatable bonds is 2. The van der Waals surface area contributed by atoms with Crippen molar-refractivity contribution in [2.45, 2.75) is 39.2 Å². The first-order valence-electron chi connectivity index (χ1n) is 6.40. The van der Waals surface area contributed by atoms with Crippen molar-refractivity contribution in [3.05, 3.63) is 17.8 Å². The number of nitrogen functional groups attached to an aromatic ring is 1. The number of nitriles is 1. The molecule has 0 spiro atoms. The van der Waals surface area contributed by atoms with Gasteiger partial charge >= 0.3 is 0 Å². The Bertz CT molecular complexity index is 457. The molecule has 96 valence electrons. The highest BCUT2D eigenvalue weighted by Gasteiger charge is 2.26. The maximum Gasteiger partial charge on any atom is 0.237 e. The maximum absolute atomic E-state index is 8.76. The molecule has 0 saturated heterocycles. The van der Waals surface area contributed by atoms with Crippen molar-refractivity contribution in [2.75, 3.05) is 5.73 Å². The fourth-order valence-electron chi connectivity index (χ4n) is 2.76. The van der Waals surface area contributed by atoms with E-state index in [2.05, 4.69) is 18.8 Å². The van der Waals surface area contributed by atoms with Crippen molar-refractivity contribution in [1.82, 2.24) is 4.98 Å². The molecule has 2 unspecified atom stereocenters. The van der Waals surface area contributed by atoms with Crippen LogP contribution in [0.15, 0.2) is 12.3 Å². The molecule has 0 aliphatic heterocycles. The number of aromatic nitrogens is 1. The summed E-state index contributed by atoms with van der Waals surface area (Å²) in [6.45, 7) is 4.50. The molecule has 4 heteroatoms. The lowest BCUT2D eigenvalue weighted by molar-refractivity contribution is 0.0974. The van der Waals surface area contributed by atoms with Crippen molar-refractivity contribution in [3.8, 4) is 11.9 Å². The summed E-state index contributed by atoms with van der Waals surface area (Å²) < 4.78 is 5.88. The molecule has 0 aromatic carbocycles. The molecule has 0 amide bonds. The number of hydrogen-bond acceptors (Lipinski definition) is 4. The van der Waals surface area contributed by atoms with Gasteiger partial charge in [0.15, 0.2) is 0 Å². The quantitative estimate of drug-likeness (QED) is 0.869. The van der Waals surface area contributed by atoms with E-state index < -0.39 is 0 Å². The molecule has 4 nitrogen and oxygen atoms in total. The molecular formula is C14H19N3O. The van der Waals surface area contributed by atoms with E-state index in [1.807, 2.05) is 6.07 Å². The van der Waals surface area contributed by atoms with Crippen molar-refractivity contribution in [1.29, 1.82) is 5.26 Å². The molecule has 18 heavy (non-hydrogen) atoms. The van der Waals surface area contributed by atoms with E-state index in [9.17, 15) is 0 Å². The van der Waals surface area contributed by atoms with Crippen molar-refractivity contribution in [2.24, 2.45) is 11.8 Å². The Kier molecular flexibility index (Phi) is 3.71. The Morgan fingerprint density at radius 2 is 2.00 bits per heavy atom. The van der Waals surface area contributed by atoms with Crippen LogP contribution >= 0.6 is 0 Å². The van der Waals surface area contributed by atoms with E-state index in [0.29, 0.717) is 29.0 Å². The van der Waals surface area contributed by atoms with E-state index in [1.165, 1.54) is 12.6 Å². The minimum absolute atomic E-state index is 0.187. The lowest BCUT2D eigenvalue weighted by atomic mass is 9.82. The van der Waals surface area contributed by atoms with Gasteiger partial charge < -0.3 is 10.5 Å². The molecular weight excluding hydrogens is 226 g/mol. The van der Waals surface area contributed by atoms with Gasteiger partial charge in [-0.15, -0.1) is 0 Å². The Morgan fingerprint density at radius 1 is 1.33 bits per heavy atom. The lowest BCUT2D eigenvalue weighted by Crippen LogP contribution is -2.29. The largest absolute Gasteiger partial charge is 0.473 e. The maximum atomic E-state index is 8.76. The molecule has 1 saturated carbocycles. The van der Waals surface area contributed by atoms with Gasteiger partial charge in [0.25, 0.3) is 0 Å². The van der Waals surface area contributed by atoms with Crippen molar-refractivity contribution < 1.29 is 4.74 Å². The molecule has 1 aromatic rings. The Morgan fingerprint density at radius 3 is 2.56 bits per heavy atom. The third-order valence-electron chi connectivity index (χ3n) is 3.42. The van der Waals surface area contributed by atoms with Gasteiger partial charge in [0, 0.05) is 6.20 Å². The molecule has 2 rings (SSSR count). The first-order valence-corrected chi connectivity index (χ1v) is 6.40. The number of hydrogen-bond donors (Lipinski definition) is 1. The molecule has 1 heterocycles. The smallest absolute Gasteiger partial charge is 0.237 e. The molecule has 1 aromatic heterocycles. The van der Waals surface area contributed by atoms with E-state index in [1.54, 1.807) is 6.07 Å². The Labute approximate surface area is 108 Å². The number of ether oxygens (including phenoxy) is 1. The Hall–Kier alpha value is -1.76. The SMILES string of the molecule is CC1CC(C)CC(Oc2ncc(C#N)cc2N)C1. The Balaban J connectivity index is 2.07. The van der Waals surface area contributed by atoms with Crippen molar-refractivity contribution >= 4 is 5.69 Å². The van der Waals surface area contributed by atoms with Gasteiger partial charge in [-0.25, -0.2) is 4.98 Å². The fourth-order valence-corrected chi connectivity index (χ4v) is 2.76. The van der Waals surface area contributed by atoms with Crippen LogP contribution < -0.4 is 10.5 Å². The van der Waals surface area contributed by atoms with E-state index in [0.717, 1.165) is 12.8 Å². The van der Waals surface area contributed by atoms with Crippen LogP contribution in [-0.4, -0.2) is 11.1 Å². The first kappa shape index (κ1) is 12.7. The number of nitrogens with zero attached hydrogens (tertiary/aromatic N) is 2.